The first-order valence-electron chi connectivity index (χ1n) is 6.12. The van der Waals surface area contributed by atoms with E-state index in [1.807, 2.05) is 29.6 Å². The van der Waals surface area contributed by atoms with Crippen molar-refractivity contribution in [3.05, 3.63) is 30.0 Å². The molecule has 4 nitrogen and oxygen atoms in total. The van der Waals surface area contributed by atoms with Gasteiger partial charge in [0.25, 0.3) is 0 Å². The third-order valence-electron chi connectivity index (χ3n) is 3.18. The number of hydrogen-bond acceptors (Lipinski definition) is 4. The van der Waals surface area contributed by atoms with E-state index in [1.165, 1.54) is 10.9 Å². The molecule has 0 fully saturated rings. The number of rotatable bonds is 6. The van der Waals surface area contributed by atoms with Gasteiger partial charge in [-0.15, -0.1) is 0 Å². The molecule has 2 aromatic rings. The number of nitrogens with two attached hydrogens (primary N) is 1. The van der Waals surface area contributed by atoms with Crippen LogP contribution in [-0.4, -0.2) is 27.8 Å². The lowest BCUT2D eigenvalue weighted by Crippen LogP contribution is -2.37. The molecule has 0 bridgehead atoms. The molecular weight excluding hydrogens is 244 g/mol. The molecule has 0 spiro atoms. The Morgan fingerprint density at radius 2 is 2.22 bits per heavy atom. The number of nitrogens with zero attached hydrogens (tertiary/aromatic N) is 2. The van der Waals surface area contributed by atoms with E-state index < -0.39 is 0 Å². The largest absolute Gasteiger partial charge is 0.271 e. The second-order valence-corrected chi connectivity index (χ2v) is 5.42. The average molecular weight is 264 g/mol. The van der Waals surface area contributed by atoms with Gasteiger partial charge in [-0.25, -0.2) is 0 Å². The van der Waals surface area contributed by atoms with Crippen molar-refractivity contribution in [1.29, 1.82) is 0 Å². The standard InChI is InChI=1S/C13H20N4S/c1-17-13-6-4-3-5-11(13)12(16-17)9-10(15-14)7-8-18-2/h3-6,10,15H,7-9,14H2,1-2H3. The first kappa shape index (κ1) is 13.4. The van der Waals surface area contributed by atoms with Crippen molar-refractivity contribution < 1.29 is 0 Å². The van der Waals surface area contributed by atoms with Crippen LogP contribution in [0.4, 0.5) is 0 Å². The van der Waals surface area contributed by atoms with E-state index in [0.717, 1.165) is 24.3 Å². The van der Waals surface area contributed by atoms with Crippen LogP contribution in [0.1, 0.15) is 12.1 Å². The Bertz CT molecular complexity index is 509. The number of aryl methyl sites for hydroxylation is 1. The van der Waals surface area contributed by atoms with Crippen molar-refractivity contribution in [1.82, 2.24) is 15.2 Å². The van der Waals surface area contributed by atoms with Crippen LogP contribution in [0.5, 0.6) is 0 Å². The number of benzene rings is 1. The van der Waals surface area contributed by atoms with Crippen molar-refractivity contribution in [2.24, 2.45) is 12.9 Å². The van der Waals surface area contributed by atoms with Gasteiger partial charge < -0.3 is 0 Å². The maximum Gasteiger partial charge on any atom is 0.0719 e. The zero-order valence-electron chi connectivity index (χ0n) is 10.9. The molecule has 0 radical (unpaired) electrons. The highest BCUT2D eigenvalue weighted by Gasteiger charge is 2.13. The lowest BCUT2D eigenvalue weighted by Gasteiger charge is -2.13. The van der Waals surface area contributed by atoms with Gasteiger partial charge in [-0.3, -0.25) is 16.0 Å². The second-order valence-electron chi connectivity index (χ2n) is 4.44. The third kappa shape index (κ3) is 2.85. The number of aromatic nitrogens is 2. The highest BCUT2D eigenvalue weighted by molar-refractivity contribution is 7.98. The quantitative estimate of drug-likeness (QED) is 0.616. The molecule has 1 aromatic carbocycles. The number of para-hydroxylation sites is 1. The fraction of sp³-hybridized carbons (Fsp3) is 0.462. The van der Waals surface area contributed by atoms with E-state index >= 15 is 0 Å². The zero-order chi connectivity index (χ0) is 13.0. The number of thioether (sulfide) groups is 1. The highest BCUT2D eigenvalue weighted by Crippen LogP contribution is 2.19. The van der Waals surface area contributed by atoms with Crippen molar-refractivity contribution in [2.75, 3.05) is 12.0 Å². The molecule has 98 valence electrons. The van der Waals surface area contributed by atoms with E-state index in [9.17, 15) is 0 Å². The number of nitrogens with one attached hydrogen (secondary N) is 1. The van der Waals surface area contributed by atoms with E-state index in [-0.39, 0.29) is 6.04 Å². The maximum atomic E-state index is 5.62. The maximum absolute atomic E-state index is 5.62. The van der Waals surface area contributed by atoms with Crippen LogP contribution in [0, 0.1) is 0 Å². The summed E-state index contributed by atoms with van der Waals surface area (Å²) >= 11 is 1.84. The lowest BCUT2D eigenvalue weighted by molar-refractivity contribution is 0.508. The summed E-state index contributed by atoms with van der Waals surface area (Å²) < 4.78 is 1.94. The lowest BCUT2D eigenvalue weighted by atomic mass is 10.1. The Hall–Kier alpha value is -1.04. The molecule has 0 aliphatic heterocycles. The zero-order valence-corrected chi connectivity index (χ0v) is 11.7. The van der Waals surface area contributed by atoms with Crippen molar-refractivity contribution in [3.63, 3.8) is 0 Å². The Morgan fingerprint density at radius 1 is 1.44 bits per heavy atom. The minimum Gasteiger partial charge on any atom is -0.271 e. The molecule has 3 N–H and O–H groups in total. The van der Waals surface area contributed by atoms with Crippen LogP contribution in [0.15, 0.2) is 24.3 Å². The summed E-state index contributed by atoms with van der Waals surface area (Å²) in [5, 5.41) is 5.83. The molecule has 0 saturated carbocycles. The predicted molar refractivity (Wildman–Crippen MR) is 78.5 cm³/mol. The van der Waals surface area contributed by atoms with Crippen molar-refractivity contribution in [2.45, 2.75) is 18.9 Å². The van der Waals surface area contributed by atoms with Crippen molar-refractivity contribution in [3.8, 4) is 0 Å². The first-order valence-corrected chi connectivity index (χ1v) is 7.51. The number of hydrazine groups is 1. The highest BCUT2D eigenvalue weighted by atomic mass is 32.2. The monoisotopic (exact) mass is 264 g/mol. The van der Waals surface area contributed by atoms with Gasteiger partial charge in [0.05, 0.1) is 11.2 Å². The van der Waals surface area contributed by atoms with Crippen LogP contribution in [0.3, 0.4) is 0 Å². The van der Waals surface area contributed by atoms with E-state index in [2.05, 4.69) is 35.0 Å². The summed E-state index contributed by atoms with van der Waals surface area (Å²) in [4.78, 5) is 0. The molecule has 2 rings (SSSR count). The molecular formula is C13H20N4S. The van der Waals surface area contributed by atoms with E-state index in [0.29, 0.717) is 0 Å². The Kier molecular flexibility index (Phi) is 4.63. The molecule has 1 atom stereocenters. The van der Waals surface area contributed by atoms with Gasteiger partial charge >= 0.3 is 0 Å². The van der Waals surface area contributed by atoms with Gasteiger partial charge in [0, 0.05) is 24.9 Å². The van der Waals surface area contributed by atoms with Gasteiger partial charge in [0.1, 0.15) is 0 Å². The summed E-state index contributed by atoms with van der Waals surface area (Å²) in [5.74, 6) is 6.73. The summed E-state index contributed by atoms with van der Waals surface area (Å²) in [6, 6.07) is 8.61. The molecule has 0 aliphatic carbocycles. The SMILES string of the molecule is CSCCC(Cc1nn(C)c2ccccc12)NN. The minimum absolute atomic E-state index is 0.288. The molecule has 0 saturated heterocycles. The molecule has 1 aromatic heterocycles. The topological polar surface area (TPSA) is 55.9 Å². The van der Waals surface area contributed by atoms with Crippen molar-refractivity contribution >= 4 is 22.7 Å². The number of hydrogen-bond donors (Lipinski definition) is 2. The van der Waals surface area contributed by atoms with Gasteiger partial charge in [0.15, 0.2) is 0 Å². The molecule has 0 aliphatic rings. The van der Waals surface area contributed by atoms with Crippen LogP contribution >= 0.6 is 11.8 Å². The first-order chi connectivity index (χ1) is 8.76. The number of fused-ring (bicyclic) bond motifs is 1. The normalized spacial score (nSPS) is 13.1. The smallest absolute Gasteiger partial charge is 0.0719 e. The summed E-state index contributed by atoms with van der Waals surface area (Å²) in [7, 11) is 1.98. The molecule has 5 heteroatoms. The summed E-state index contributed by atoms with van der Waals surface area (Å²) in [6.07, 6.45) is 4.05. The Labute approximate surface area is 112 Å². The Morgan fingerprint density at radius 3 is 2.94 bits per heavy atom. The van der Waals surface area contributed by atoms with Crippen LogP contribution in [0.25, 0.3) is 10.9 Å². The molecule has 1 unspecified atom stereocenters. The Balaban J connectivity index is 2.20. The average Bonchev–Trinajstić information content (AvgIpc) is 2.72. The molecule has 18 heavy (non-hydrogen) atoms. The predicted octanol–water partition coefficient (Wildman–Crippen LogP) is 1.70. The fourth-order valence-corrected chi connectivity index (χ4v) is 2.70. The third-order valence-corrected chi connectivity index (χ3v) is 3.82. The van der Waals surface area contributed by atoms with Gasteiger partial charge in [-0.1, -0.05) is 18.2 Å². The van der Waals surface area contributed by atoms with Crippen LogP contribution in [0.2, 0.25) is 0 Å². The summed E-state index contributed by atoms with van der Waals surface area (Å²) in [5.41, 5.74) is 5.19. The van der Waals surface area contributed by atoms with Gasteiger partial charge in [-0.2, -0.15) is 16.9 Å². The van der Waals surface area contributed by atoms with Gasteiger partial charge in [-0.05, 0) is 24.5 Å². The fourth-order valence-electron chi connectivity index (χ4n) is 2.18. The second kappa shape index (κ2) is 6.22. The molecule has 0 amide bonds. The van der Waals surface area contributed by atoms with Crippen LogP contribution < -0.4 is 11.3 Å². The summed E-state index contributed by atoms with van der Waals surface area (Å²) in [6.45, 7) is 0. The van der Waals surface area contributed by atoms with E-state index in [1.54, 1.807) is 0 Å². The molecule has 1 heterocycles. The van der Waals surface area contributed by atoms with E-state index in [4.69, 9.17) is 5.84 Å². The van der Waals surface area contributed by atoms with Gasteiger partial charge in [0.2, 0.25) is 0 Å². The van der Waals surface area contributed by atoms with Crippen LogP contribution in [-0.2, 0) is 13.5 Å². The minimum atomic E-state index is 0.288.